The van der Waals surface area contributed by atoms with Gasteiger partial charge in [0.1, 0.15) is 5.54 Å². The fourth-order valence-corrected chi connectivity index (χ4v) is 3.80. The predicted octanol–water partition coefficient (Wildman–Crippen LogP) is 2.14. The molecule has 0 radical (unpaired) electrons. The standard InChI is InChI=1S/C18H26N4O/c19-17-21-16(23)18(22-17,11-14-7-3-1-4-8-14)13-20-12-15-9-5-2-6-10-15/h2,5-6,9-10,14,20H,1,3-4,7-8,11-13H2,(H3,19,21,22,23). The first-order chi connectivity index (χ1) is 11.2. The van der Waals surface area contributed by atoms with Crippen molar-refractivity contribution in [2.24, 2.45) is 5.92 Å². The highest BCUT2D eigenvalue weighted by atomic mass is 16.2. The molecule has 1 atom stereocenters. The van der Waals surface area contributed by atoms with Crippen molar-refractivity contribution >= 4 is 11.9 Å². The van der Waals surface area contributed by atoms with Crippen LogP contribution in [0.25, 0.3) is 0 Å². The molecule has 0 spiro atoms. The SMILES string of the molecule is N=C1NC(=O)C(CNCc2ccccc2)(CC2CCCCC2)N1. The van der Waals surface area contributed by atoms with Gasteiger partial charge in [0.15, 0.2) is 5.96 Å². The molecule has 0 bridgehead atoms. The van der Waals surface area contributed by atoms with Crippen molar-refractivity contribution in [2.75, 3.05) is 6.54 Å². The Labute approximate surface area is 137 Å². The van der Waals surface area contributed by atoms with Gasteiger partial charge in [-0.3, -0.25) is 15.5 Å². The molecule has 1 aromatic carbocycles. The van der Waals surface area contributed by atoms with Crippen molar-refractivity contribution in [2.45, 2.75) is 50.6 Å². The number of nitrogens with one attached hydrogen (secondary N) is 4. The molecule has 3 rings (SSSR count). The van der Waals surface area contributed by atoms with Gasteiger partial charge in [0.05, 0.1) is 0 Å². The second kappa shape index (κ2) is 7.13. The fourth-order valence-electron chi connectivity index (χ4n) is 3.80. The molecule has 23 heavy (non-hydrogen) atoms. The highest BCUT2D eigenvalue weighted by Gasteiger charge is 2.45. The van der Waals surface area contributed by atoms with Gasteiger partial charge in [-0.25, -0.2) is 0 Å². The molecule has 4 N–H and O–H groups in total. The predicted molar refractivity (Wildman–Crippen MR) is 91.1 cm³/mol. The van der Waals surface area contributed by atoms with Gasteiger partial charge in [-0.1, -0.05) is 62.4 Å². The summed E-state index contributed by atoms with van der Waals surface area (Å²) in [5, 5.41) is 16.9. The first-order valence-corrected chi connectivity index (χ1v) is 8.61. The minimum absolute atomic E-state index is 0.0614. The molecule has 1 aromatic rings. The first-order valence-electron chi connectivity index (χ1n) is 8.61. The number of carbonyl (C=O) groups excluding carboxylic acids is 1. The van der Waals surface area contributed by atoms with Crippen molar-refractivity contribution in [1.82, 2.24) is 16.0 Å². The number of hydrogen-bond donors (Lipinski definition) is 4. The summed E-state index contributed by atoms with van der Waals surface area (Å²) < 4.78 is 0. The zero-order chi connectivity index (χ0) is 16.1. The molecule has 2 fully saturated rings. The van der Waals surface area contributed by atoms with E-state index in [9.17, 15) is 4.79 Å². The van der Waals surface area contributed by atoms with E-state index in [4.69, 9.17) is 5.41 Å². The lowest BCUT2D eigenvalue weighted by molar-refractivity contribution is -0.124. The number of hydrogen-bond acceptors (Lipinski definition) is 3. The highest BCUT2D eigenvalue weighted by molar-refractivity contribution is 6.08. The highest BCUT2D eigenvalue weighted by Crippen LogP contribution is 2.31. The Morgan fingerprint density at radius 3 is 2.57 bits per heavy atom. The molecule has 1 aliphatic carbocycles. The topological polar surface area (TPSA) is 77.0 Å². The number of benzene rings is 1. The lowest BCUT2D eigenvalue weighted by Gasteiger charge is -2.33. The zero-order valence-corrected chi connectivity index (χ0v) is 13.5. The average Bonchev–Trinajstić information content (AvgIpc) is 2.83. The van der Waals surface area contributed by atoms with Gasteiger partial charge in [0.25, 0.3) is 5.91 Å². The Morgan fingerprint density at radius 2 is 1.91 bits per heavy atom. The number of rotatable bonds is 6. The summed E-state index contributed by atoms with van der Waals surface area (Å²) in [6.45, 7) is 1.28. The van der Waals surface area contributed by atoms with E-state index in [1.807, 2.05) is 18.2 Å². The normalized spacial score (nSPS) is 25.2. The largest absolute Gasteiger partial charge is 0.341 e. The van der Waals surface area contributed by atoms with Crippen LogP contribution >= 0.6 is 0 Å². The van der Waals surface area contributed by atoms with E-state index < -0.39 is 5.54 Å². The summed E-state index contributed by atoms with van der Waals surface area (Å²) in [5.74, 6) is 0.646. The third kappa shape index (κ3) is 3.91. The molecular formula is C18H26N4O. The van der Waals surface area contributed by atoms with Crippen molar-refractivity contribution in [3.8, 4) is 0 Å². The van der Waals surface area contributed by atoms with Gasteiger partial charge in [-0.15, -0.1) is 0 Å². The molecule has 5 heteroatoms. The van der Waals surface area contributed by atoms with Crippen molar-refractivity contribution in [1.29, 1.82) is 5.41 Å². The van der Waals surface area contributed by atoms with E-state index in [-0.39, 0.29) is 11.9 Å². The van der Waals surface area contributed by atoms with Crippen molar-refractivity contribution in [3.05, 3.63) is 35.9 Å². The van der Waals surface area contributed by atoms with Gasteiger partial charge in [-0.2, -0.15) is 0 Å². The maximum absolute atomic E-state index is 12.5. The van der Waals surface area contributed by atoms with Crippen LogP contribution in [-0.4, -0.2) is 24.0 Å². The molecule has 2 aliphatic rings. The molecule has 1 unspecified atom stereocenters. The molecule has 5 nitrogen and oxygen atoms in total. The van der Waals surface area contributed by atoms with Crippen LogP contribution in [0.3, 0.4) is 0 Å². The third-order valence-corrected chi connectivity index (χ3v) is 5.00. The van der Waals surface area contributed by atoms with E-state index in [1.54, 1.807) is 0 Å². The zero-order valence-electron chi connectivity index (χ0n) is 13.5. The fraction of sp³-hybridized carbons (Fsp3) is 0.556. The van der Waals surface area contributed by atoms with E-state index >= 15 is 0 Å². The molecular weight excluding hydrogens is 288 g/mol. The van der Waals surface area contributed by atoms with Gasteiger partial charge < -0.3 is 10.6 Å². The lowest BCUT2D eigenvalue weighted by Crippen LogP contribution is -2.55. The van der Waals surface area contributed by atoms with Crippen LogP contribution in [0.4, 0.5) is 0 Å². The second-order valence-electron chi connectivity index (χ2n) is 6.83. The lowest BCUT2D eigenvalue weighted by atomic mass is 9.79. The van der Waals surface area contributed by atoms with E-state index in [2.05, 4.69) is 28.1 Å². The monoisotopic (exact) mass is 314 g/mol. The molecule has 0 aromatic heterocycles. The average molecular weight is 314 g/mol. The third-order valence-electron chi connectivity index (χ3n) is 5.00. The smallest absolute Gasteiger partial charge is 0.253 e. The number of carbonyl (C=O) groups is 1. The van der Waals surface area contributed by atoms with Crippen LogP contribution in [0, 0.1) is 11.3 Å². The van der Waals surface area contributed by atoms with Gasteiger partial charge in [0, 0.05) is 13.1 Å². The maximum atomic E-state index is 12.5. The minimum Gasteiger partial charge on any atom is -0.341 e. The van der Waals surface area contributed by atoms with Gasteiger partial charge in [0.2, 0.25) is 0 Å². The molecule has 1 aliphatic heterocycles. The van der Waals surface area contributed by atoms with Crippen LogP contribution in [0.1, 0.15) is 44.1 Å². The van der Waals surface area contributed by atoms with Crippen molar-refractivity contribution in [3.63, 3.8) is 0 Å². The van der Waals surface area contributed by atoms with Crippen LogP contribution in [0.15, 0.2) is 30.3 Å². The first kappa shape index (κ1) is 16.0. The molecule has 1 amide bonds. The number of guanidine groups is 1. The van der Waals surface area contributed by atoms with E-state index in [0.717, 1.165) is 13.0 Å². The summed E-state index contributed by atoms with van der Waals surface area (Å²) in [7, 11) is 0. The van der Waals surface area contributed by atoms with Crippen LogP contribution in [0.2, 0.25) is 0 Å². The second-order valence-corrected chi connectivity index (χ2v) is 6.83. The van der Waals surface area contributed by atoms with Crippen LogP contribution < -0.4 is 16.0 Å². The molecule has 1 saturated heterocycles. The Hall–Kier alpha value is -1.88. The van der Waals surface area contributed by atoms with Crippen LogP contribution in [-0.2, 0) is 11.3 Å². The summed E-state index contributed by atoms with van der Waals surface area (Å²) in [5.41, 5.74) is 0.530. The molecule has 1 heterocycles. The maximum Gasteiger partial charge on any atom is 0.253 e. The summed E-state index contributed by atoms with van der Waals surface area (Å²) >= 11 is 0. The van der Waals surface area contributed by atoms with Crippen molar-refractivity contribution < 1.29 is 4.79 Å². The summed E-state index contributed by atoms with van der Waals surface area (Å²) in [4.78, 5) is 12.5. The summed E-state index contributed by atoms with van der Waals surface area (Å²) in [6.07, 6.45) is 7.04. The molecule has 1 saturated carbocycles. The van der Waals surface area contributed by atoms with E-state index in [1.165, 1.54) is 37.7 Å². The minimum atomic E-state index is -0.673. The molecule has 124 valence electrons. The van der Waals surface area contributed by atoms with Gasteiger partial charge >= 0.3 is 0 Å². The Morgan fingerprint density at radius 1 is 1.17 bits per heavy atom. The summed E-state index contributed by atoms with van der Waals surface area (Å²) in [6, 6.07) is 10.2. The Bertz CT molecular complexity index is 553. The van der Waals surface area contributed by atoms with E-state index in [0.29, 0.717) is 12.5 Å². The van der Waals surface area contributed by atoms with Gasteiger partial charge in [-0.05, 0) is 17.9 Å². The quantitative estimate of drug-likeness (QED) is 0.650. The Kier molecular flexibility index (Phi) is 4.96. The van der Waals surface area contributed by atoms with Crippen LogP contribution in [0.5, 0.6) is 0 Å². The Balaban J connectivity index is 1.63. The number of amides is 1.